The molecule has 0 saturated carbocycles. The summed E-state index contributed by atoms with van der Waals surface area (Å²) in [6.07, 6.45) is 4.55. The molecule has 5 heteroatoms. The minimum absolute atomic E-state index is 0.0108. The van der Waals surface area contributed by atoms with Crippen molar-refractivity contribution in [3.05, 3.63) is 60.2 Å². The van der Waals surface area contributed by atoms with Crippen molar-refractivity contribution in [3.63, 3.8) is 0 Å². The van der Waals surface area contributed by atoms with Crippen molar-refractivity contribution in [2.75, 3.05) is 19.7 Å². The van der Waals surface area contributed by atoms with E-state index in [-0.39, 0.29) is 11.7 Å². The summed E-state index contributed by atoms with van der Waals surface area (Å²) in [6, 6.07) is 11.5. The van der Waals surface area contributed by atoms with E-state index in [2.05, 4.69) is 4.98 Å². The Morgan fingerprint density at radius 3 is 2.58 bits per heavy atom. The number of hydrogen-bond donors (Lipinski definition) is 0. The fourth-order valence-electron chi connectivity index (χ4n) is 2.95. The highest BCUT2D eigenvalue weighted by Crippen LogP contribution is 2.22. The van der Waals surface area contributed by atoms with Crippen molar-refractivity contribution in [1.29, 1.82) is 0 Å². The van der Waals surface area contributed by atoms with Crippen LogP contribution in [0, 0.1) is 11.7 Å². The molecule has 2 aromatic rings. The smallest absolute Gasteiger partial charge is 0.272 e. The van der Waals surface area contributed by atoms with Gasteiger partial charge in [-0.05, 0) is 61.6 Å². The van der Waals surface area contributed by atoms with Crippen LogP contribution in [0.2, 0.25) is 0 Å². The summed E-state index contributed by atoms with van der Waals surface area (Å²) in [6.45, 7) is 2.14. The number of nitrogens with zero attached hydrogens (tertiary/aromatic N) is 2. The molecule has 1 saturated heterocycles. The van der Waals surface area contributed by atoms with Gasteiger partial charge in [-0.2, -0.15) is 0 Å². The van der Waals surface area contributed by atoms with Crippen LogP contribution in [0.5, 0.6) is 5.75 Å². The van der Waals surface area contributed by atoms with Gasteiger partial charge in [0, 0.05) is 19.3 Å². The highest BCUT2D eigenvalue weighted by atomic mass is 19.1. The Labute approximate surface area is 141 Å². The first-order chi connectivity index (χ1) is 11.7. The predicted molar refractivity (Wildman–Crippen MR) is 89.4 cm³/mol. The zero-order valence-corrected chi connectivity index (χ0v) is 13.5. The summed E-state index contributed by atoms with van der Waals surface area (Å²) >= 11 is 0. The second-order valence-electron chi connectivity index (χ2n) is 6.04. The van der Waals surface area contributed by atoms with Crippen molar-refractivity contribution in [3.8, 4) is 5.75 Å². The van der Waals surface area contributed by atoms with Crippen LogP contribution in [-0.2, 0) is 0 Å². The van der Waals surface area contributed by atoms with Gasteiger partial charge in [0.1, 0.15) is 17.3 Å². The minimum atomic E-state index is -0.257. The van der Waals surface area contributed by atoms with E-state index >= 15 is 0 Å². The third-order valence-electron chi connectivity index (χ3n) is 4.39. The summed E-state index contributed by atoms with van der Waals surface area (Å²) in [4.78, 5) is 18.3. The molecular formula is C19H21FN2O2. The van der Waals surface area contributed by atoms with Crippen LogP contribution in [0.3, 0.4) is 0 Å². The SMILES string of the molecule is O=C(c1ccccn1)N1CCC(CCOc2ccc(F)cc2)CC1. The van der Waals surface area contributed by atoms with E-state index in [0.717, 1.165) is 32.4 Å². The number of pyridine rings is 1. The molecule has 1 aliphatic heterocycles. The van der Waals surface area contributed by atoms with Crippen molar-refractivity contribution < 1.29 is 13.9 Å². The molecule has 0 unspecified atom stereocenters. The van der Waals surface area contributed by atoms with Gasteiger partial charge in [-0.15, -0.1) is 0 Å². The average Bonchev–Trinajstić information content (AvgIpc) is 2.64. The van der Waals surface area contributed by atoms with Crippen LogP contribution in [0.4, 0.5) is 4.39 Å². The summed E-state index contributed by atoms with van der Waals surface area (Å²) in [7, 11) is 0. The lowest BCUT2D eigenvalue weighted by Gasteiger charge is -2.31. The quantitative estimate of drug-likeness (QED) is 0.843. The van der Waals surface area contributed by atoms with Crippen molar-refractivity contribution in [2.24, 2.45) is 5.92 Å². The predicted octanol–water partition coefficient (Wildman–Crippen LogP) is 3.54. The first kappa shape index (κ1) is 16.4. The molecule has 1 amide bonds. The van der Waals surface area contributed by atoms with Crippen LogP contribution < -0.4 is 4.74 Å². The molecule has 0 bridgehead atoms. The number of carbonyl (C=O) groups excluding carboxylic acids is 1. The molecule has 0 spiro atoms. The maximum absolute atomic E-state index is 12.8. The van der Waals surface area contributed by atoms with Crippen molar-refractivity contribution in [1.82, 2.24) is 9.88 Å². The second-order valence-corrected chi connectivity index (χ2v) is 6.04. The van der Waals surface area contributed by atoms with E-state index in [4.69, 9.17) is 4.74 Å². The van der Waals surface area contributed by atoms with Crippen LogP contribution in [0.25, 0.3) is 0 Å². The number of hydrogen-bond acceptors (Lipinski definition) is 3. The Hall–Kier alpha value is -2.43. The number of piperidine rings is 1. The molecule has 0 atom stereocenters. The lowest BCUT2D eigenvalue weighted by molar-refractivity contribution is 0.0674. The van der Waals surface area contributed by atoms with Gasteiger partial charge in [-0.1, -0.05) is 6.07 Å². The molecular weight excluding hydrogens is 307 g/mol. The number of carbonyl (C=O) groups is 1. The minimum Gasteiger partial charge on any atom is -0.494 e. The zero-order valence-electron chi connectivity index (χ0n) is 13.5. The molecule has 2 heterocycles. The van der Waals surface area contributed by atoms with Gasteiger partial charge in [-0.3, -0.25) is 9.78 Å². The van der Waals surface area contributed by atoms with Gasteiger partial charge < -0.3 is 9.64 Å². The van der Waals surface area contributed by atoms with E-state index < -0.39 is 0 Å². The molecule has 1 aromatic carbocycles. The highest BCUT2D eigenvalue weighted by molar-refractivity contribution is 5.92. The van der Waals surface area contributed by atoms with Gasteiger partial charge in [0.15, 0.2) is 0 Å². The van der Waals surface area contributed by atoms with E-state index in [1.807, 2.05) is 17.0 Å². The first-order valence-corrected chi connectivity index (χ1v) is 8.31. The second kappa shape index (κ2) is 7.90. The number of halogens is 1. The van der Waals surface area contributed by atoms with E-state index in [1.165, 1.54) is 12.1 Å². The maximum atomic E-state index is 12.8. The average molecular weight is 328 g/mol. The number of benzene rings is 1. The monoisotopic (exact) mass is 328 g/mol. The topological polar surface area (TPSA) is 42.4 Å². The van der Waals surface area contributed by atoms with Crippen molar-refractivity contribution >= 4 is 5.91 Å². The Morgan fingerprint density at radius 2 is 1.92 bits per heavy atom. The van der Waals surface area contributed by atoms with Gasteiger partial charge >= 0.3 is 0 Å². The van der Waals surface area contributed by atoms with Crippen LogP contribution in [-0.4, -0.2) is 35.5 Å². The third-order valence-corrected chi connectivity index (χ3v) is 4.39. The van der Waals surface area contributed by atoms with Gasteiger partial charge in [0.05, 0.1) is 6.61 Å². The van der Waals surface area contributed by atoms with E-state index in [1.54, 1.807) is 24.4 Å². The zero-order chi connectivity index (χ0) is 16.8. The molecule has 126 valence electrons. The van der Waals surface area contributed by atoms with Crippen LogP contribution in [0.1, 0.15) is 29.8 Å². The Kier molecular flexibility index (Phi) is 5.41. The van der Waals surface area contributed by atoms with Gasteiger partial charge in [-0.25, -0.2) is 4.39 Å². The molecule has 1 aliphatic rings. The number of aromatic nitrogens is 1. The molecule has 0 N–H and O–H groups in total. The molecule has 4 nitrogen and oxygen atoms in total. The normalized spacial score (nSPS) is 15.3. The van der Waals surface area contributed by atoms with Crippen molar-refractivity contribution in [2.45, 2.75) is 19.3 Å². The summed E-state index contributed by atoms with van der Waals surface area (Å²) in [5, 5.41) is 0. The Balaban J connectivity index is 1.40. The number of ether oxygens (including phenoxy) is 1. The molecule has 24 heavy (non-hydrogen) atoms. The summed E-state index contributed by atoms with van der Waals surface area (Å²) in [5.41, 5.74) is 0.510. The standard InChI is InChI=1S/C19H21FN2O2/c20-16-4-6-17(7-5-16)24-14-10-15-8-12-22(13-9-15)19(23)18-3-1-2-11-21-18/h1-7,11,15H,8-10,12-14H2. The number of likely N-dealkylation sites (tertiary alicyclic amines) is 1. The Bertz CT molecular complexity index is 653. The first-order valence-electron chi connectivity index (χ1n) is 8.31. The largest absolute Gasteiger partial charge is 0.494 e. The van der Waals surface area contributed by atoms with Crippen LogP contribution in [0.15, 0.2) is 48.7 Å². The fraction of sp³-hybridized carbons (Fsp3) is 0.368. The third kappa shape index (κ3) is 4.31. The molecule has 3 rings (SSSR count). The summed E-state index contributed by atoms with van der Waals surface area (Å²) in [5.74, 6) is 1.00. The van der Waals surface area contributed by atoms with Gasteiger partial charge in [0.25, 0.3) is 5.91 Å². The van der Waals surface area contributed by atoms with Crippen LogP contribution >= 0.6 is 0 Å². The van der Waals surface area contributed by atoms with Gasteiger partial charge in [0.2, 0.25) is 0 Å². The molecule has 1 aromatic heterocycles. The van der Waals surface area contributed by atoms with E-state index in [9.17, 15) is 9.18 Å². The number of amides is 1. The summed E-state index contributed by atoms with van der Waals surface area (Å²) < 4.78 is 18.5. The maximum Gasteiger partial charge on any atom is 0.272 e. The molecule has 1 fully saturated rings. The highest BCUT2D eigenvalue weighted by Gasteiger charge is 2.24. The Morgan fingerprint density at radius 1 is 1.17 bits per heavy atom. The lowest BCUT2D eigenvalue weighted by Crippen LogP contribution is -2.39. The number of rotatable bonds is 5. The molecule has 0 aliphatic carbocycles. The lowest BCUT2D eigenvalue weighted by atomic mass is 9.94. The molecule has 0 radical (unpaired) electrons. The fourth-order valence-corrected chi connectivity index (χ4v) is 2.95. The van der Waals surface area contributed by atoms with E-state index in [0.29, 0.717) is 24.0 Å².